The lowest BCUT2D eigenvalue weighted by molar-refractivity contribution is -0.141. The summed E-state index contributed by atoms with van der Waals surface area (Å²) in [5.41, 5.74) is 0.861. The van der Waals surface area contributed by atoms with E-state index in [0.717, 1.165) is 31.5 Å². The Balaban J connectivity index is 1.80. The number of likely N-dealkylation sites (tertiary alicyclic amines) is 2. The van der Waals surface area contributed by atoms with Crippen molar-refractivity contribution in [3.05, 3.63) is 35.6 Å². The largest absolute Gasteiger partial charge is 0.481 e. The van der Waals surface area contributed by atoms with Crippen molar-refractivity contribution in [3.63, 3.8) is 0 Å². The second kappa shape index (κ2) is 7.52. The van der Waals surface area contributed by atoms with Gasteiger partial charge in [0.1, 0.15) is 5.82 Å². The molecule has 3 rings (SSSR count). The molecule has 0 bridgehead atoms. The van der Waals surface area contributed by atoms with Gasteiger partial charge in [0.25, 0.3) is 0 Å². The van der Waals surface area contributed by atoms with Gasteiger partial charge in [-0.3, -0.25) is 9.59 Å². The zero-order valence-electron chi connectivity index (χ0n) is 14.5. The molecule has 0 spiro atoms. The molecule has 25 heavy (non-hydrogen) atoms. The molecule has 2 fully saturated rings. The highest BCUT2D eigenvalue weighted by Crippen LogP contribution is 2.31. The molecule has 2 saturated heterocycles. The number of carbonyl (C=O) groups is 2. The van der Waals surface area contributed by atoms with Crippen molar-refractivity contribution < 1.29 is 19.1 Å². The van der Waals surface area contributed by atoms with Crippen LogP contribution >= 0.6 is 0 Å². The van der Waals surface area contributed by atoms with Crippen molar-refractivity contribution >= 4 is 11.9 Å². The molecular weight excluding hydrogens is 323 g/mol. The first kappa shape index (κ1) is 17.9. The summed E-state index contributed by atoms with van der Waals surface area (Å²) in [7, 11) is 0. The molecule has 5 nitrogen and oxygen atoms in total. The molecule has 1 aromatic rings. The third-order valence-corrected chi connectivity index (χ3v) is 5.45. The van der Waals surface area contributed by atoms with E-state index in [-0.39, 0.29) is 30.7 Å². The van der Waals surface area contributed by atoms with E-state index in [9.17, 15) is 19.1 Å². The van der Waals surface area contributed by atoms with Gasteiger partial charge in [0, 0.05) is 19.5 Å². The minimum Gasteiger partial charge on any atom is -0.481 e. The number of aliphatic carboxylic acids is 1. The summed E-state index contributed by atoms with van der Waals surface area (Å²) in [6, 6.07) is 5.97. The van der Waals surface area contributed by atoms with Crippen molar-refractivity contribution in [1.29, 1.82) is 0 Å². The Morgan fingerprint density at radius 2 is 1.92 bits per heavy atom. The average molecular weight is 348 g/mol. The first-order valence-corrected chi connectivity index (χ1v) is 8.94. The van der Waals surface area contributed by atoms with Crippen LogP contribution in [0.4, 0.5) is 4.39 Å². The van der Waals surface area contributed by atoms with E-state index in [2.05, 4.69) is 11.8 Å². The quantitative estimate of drug-likeness (QED) is 0.888. The molecule has 0 saturated carbocycles. The molecule has 6 heteroatoms. The molecule has 1 amide bonds. The number of hydrogen-bond donors (Lipinski definition) is 1. The van der Waals surface area contributed by atoms with Crippen LogP contribution in [0, 0.1) is 17.7 Å². The third kappa shape index (κ3) is 4.18. The Bertz CT molecular complexity index is 626. The molecule has 2 aliphatic heterocycles. The molecular formula is C19H25FN2O3. The maximum atomic E-state index is 13.3. The van der Waals surface area contributed by atoms with E-state index in [0.29, 0.717) is 12.5 Å². The SMILES string of the molecule is CC1CCN(CC(c2ccc(F)cc2)N2CC(C(=O)O)CC2=O)CC1. The minimum absolute atomic E-state index is 0.0457. The predicted octanol–water partition coefficient (Wildman–Crippen LogP) is 2.53. The van der Waals surface area contributed by atoms with Gasteiger partial charge in [0.15, 0.2) is 0 Å². The Morgan fingerprint density at radius 1 is 1.28 bits per heavy atom. The number of amides is 1. The van der Waals surface area contributed by atoms with Gasteiger partial charge in [-0.25, -0.2) is 4.39 Å². The normalized spacial score (nSPS) is 23.8. The van der Waals surface area contributed by atoms with Crippen molar-refractivity contribution in [3.8, 4) is 0 Å². The van der Waals surface area contributed by atoms with Gasteiger partial charge < -0.3 is 14.9 Å². The first-order chi connectivity index (χ1) is 11.9. The number of carboxylic acid groups (broad SMARTS) is 1. The topological polar surface area (TPSA) is 60.9 Å². The summed E-state index contributed by atoms with van der Waals surface area (Å²) in [6.45, 7) is 5.08. The van der Waals surface area contributed by atoms with Gasteiger partial charge in [-0.15, -0.1) is 0 Å². The molecule has 0 aromatic heterocycles. The standard InChI is InChI=1S/C19H25FN2O3/c1-13-6-8-21(9-7-13)12-17(14-2-4-16(20)5-3-14)22-11-15(19(24)25)10-18(22)23/h2-5,13,15,17H,6-12H2,1H3,(H,24,25). The van der Waals surface area contributed by atoms with Crippen molar-refractivity contribution in [2.75, 3.05) is 26.2 Å². The fourth-order valence-corrected chi connectivity index (χ4v) is 3.76. The third-order valence-electron chi connectivity index (χ3n) is 5.45. The number of piperidine rings is 1. The zero-order chi connectivity index (χ0) is 18.0. The van der Waals surface area contributed by atoms with Crippen LogP contribution in [0.25, 0.3) is 0 Å². The molecule has 0 aliphatic carbocycles. The second-order valence-corrected chi connectivity index (χ2v) is 7.34. The van der Waals surface area contributed by atoms with E-state index >= 15 is 0 Å². The van der Waals surface area contributed by atoms with Gasteiger partial charge in [-0.2, -0.15) is 0 Å². The minimum atomic E-state index is -0.930. The lowest BCUT2D eigenvalue weighted by Crippen LogP contribution is -2.42. The second-order valence-electron chi connectivity index (χ2n) is 7.34. The number of benzene rings is 1. The number of halogens is 1. The fourth-order valence-electron chi connectivity index (χ4n) is 3.76. The highest BCUT2D eigenvalue weighted by molar-refractivity contribution is 5.86. The summed E-state index contributed by atoms with van der Waals surface area (Å²) in [4.78, 5) is 27.7. The number of rotatable bonds is 5. The highest BCUT2D eigenvalue weighted by atomic mass is 19.1. The van der Waals surface area contributed by atoms with Gasteiger partial charge in [-0.05, 0) is 49.5 Å². The van der Waals surface area contributed by atoms with Crippen LogP contribution in [-0.2, 0) is 9.59 Å². The monoisotopic (exact) mass is 348 g/mol. The van der Waals surface area contributed by atoms with Crippen LogP contribution in [0.5, 0.6) is 0 Å². The summed E-state index contributed by atoms with van der Waals surface area (Å²) in [5.74, 6) is -1.32. The predicted molar refractivity (Wildman–Crippen MR) is 91.4 cm³/mol. The van der Waals surface area contributed by atoms with E-state index in [1.165, 1.54) is 12.1 Å². The smallest absolute Gasteiger partial charge is 0.308 e. The molecule has 0 radical (unpaired) electrons. The van der Waals surface area contributed by atoms with Crippen LogP contribution in [0.15, 0.2) is 24.3 Å². The summed E-state index contributed by atoms with van der Waals surface area (Å²) in [5, 5.41) is 9.25. The lowest BCUT2D eigenvalue weighted by Gasteiger charge is -2.36. The van der Waals surface area contributed by atoms with Crippen molar-refractivity contribution in [2.24, 2.45) is 11.8 Å². The van der Waals surface area contributed by atoms with Gasteiger partial charge in [-0.1, -0.05) is 19.1 Å². The summed E-state index contributed by atoms with van der Waals surface area (Å²) < 4.78 is 13.3. The molecule has 136 valence electrons. The van der Waals surface area contributed by atoms with Gasteiger partial charge in [0.2, 0.25) is 5.91 Å². The zero-order valence-corrected chi connectivity index (χ0v) is 14.5. The molecule has 2 unspecified atom stereocenters. The van der Waals surface area contributed by atoms with Crippen LogP contribution in [0.2, 0.25) is 0 Å². The van der Waals surface area contributed by atoms with Gasteiger partial charge in [0.05, 0.1) is 12.0 Å². The van der Waals surface area contributed by atoms with Crippen molar-refractivity contribution in [1.82, 2.24) is 9.80 Å². The van der Waals surface area contributed by atoms with E-state index in [1.54, 1.807) is 17.0 Å². The Kier molecular flexibility index (Phi) is 5.37. The van der Waals surface area contributed by atoms with E-state index < -0.39 is 11.9 Å². The van der Waals surface area contributed by atoms with Crippen LogP contribution < -0.4 is 0 Å². The molecule has 2 atom stereocenters. The van der Waals surface area contributed by atoms with Crippen LogP contribution in [-0.4, -0.2) is 53.0 Å². The Morgan fingerprint density at radius 3 is 2.48 bits per heavy atom. The van der Waals surface area contributed by atoms with Crippen molar-refractivity contribution in [2.45, 2.75) is 32.2 Å². The maximum absolute atomic E-state index is 13.3. The maximum Gasteiger partial charge on any atom is 0.308 e. The first-order valence-electron chi connectivity index (χ1n) is 8.94. The highest BCUT2D eigenvalue weighted by Gasteiger charge is 2.39. The number of hydrogen-bond acceptors (Lipinski definition) is 3. The lowest BCUT2D eigenvalue weighted by atomic mass is 9.97. The van der Waals surface area contributed by atoms with Crippen LogP contribution in [0.3, 0.4) is 0 Å². The van der Waals surface area contributed by atoms with Crippen LogP contribution in [0.1, 0.15) is 37.8 Å². The summed E-state index contributed by atoms with van der Waals surface area (Å²) >= 11 is 0. The number of nitrogens with zero attached hydrogens (tertiary/aromatic N) is 2. The van der Waals surface area contributed by atoms with E-state index in [1.807, 2.05) is 0 Å². The Hall–Kier alpha value is -1.95. The average Bonchev–Trinajstić information content (AvgIpc) is 2.97. The van der Waals surface area contributed by atoms with E-state index in [4.69, 9.17) is 0 Å². The molecule has 2 aliphatic rings. The molecule has 1 N–H and O–H groups in total. The summed E-state index contributed by atoms with van der Waals surface area (Å²) in [6.07, 6.45) is 2.30. The fraction of sp³-hybridized carbons (Fsp3) is 0.579. The number of carbonyl (C=O) groups excluding carboxylic acids is 1. The molecule has 1 aromatic carbocycles. The molecule has 2 heterocycles. The Labute approximate surface area is 147 Å². The van der Waals surface area contributed by atoms with Gasteiger partial charge >= 0.3 is 5.97 Å². The number of carboxylic acids is 1.